The van der Waals surface area contributed by atoms with E-state index in [0.29, 0.717) is 0 Å². The predicted molar refractivity (Wildman–Crippen MR) is 95.1 cm³/mol. The summed E-state index contributed by atoms with van der Waals surface area (Å²) in [4.78, 5) is 0. The molecule has 23 heavy (non-hydrogen) atoms. The Morgan fingerprint density at radius 1 is 0.565 bits per heavy atom. The minimum atomic E-state index is 0.889. The molecule has 0 unspecified atom stereocenters. The number of pyridine rings is 1. The summed E-state index contributed by atoms with van der Waals surface area (Å²) in [5, 5.41) is 2.55. The summed E-state index contributed by atoms with van der Waals surface area (Å²) in [6.07, 6.45) is 4.36. The minimum absolute atomic E-state index is 0.889. The first-order valence-corrected chi connectivity index (χ1v) is 7.91. The molecule has 0 aliphatic carbocycles. The normalized spacial score (nSPS) is 10.8. The Labute approximate surface area is 136 Å². The van der Waals surface area contributed by atoms with Crippen molar-refractivity contribution in [3.05, 3.63) is 103 Å². The van der Waals surface area contributed by atoms with Crippen molar-refractivity contribution >= 4 is 10.8 Å². The van der Waals surface area contributed by atoms with Gasteiger partial charge in [-0.05, 0) is 22.6 Å². The molecular weight excluding hydrogens is 278 g/mol. The number of hydrogen-bond donors (Lipinski definition) is 0. The van der Waals surface area contributed by atoms with Gasteiger partial charge in [-0.2, -0.15) is 0 Å². The highest BCUT2D eigenvalue weighted by atomic mass is 14.9. The van der Waals surface area contributed by atoms with Crippen LogP contribution in [0.15, 0.2) is 97.3 Å². The van der Waals surface area contributed by atoms with Gasteiger partial charge in [-0.25, -0.2) is 4.57 Å². The fourth-order valence-electron chi connectivity index (χ4n) is 2.92. The molecule has 0 saturated heterocycles. The highest BCUT2D eigenvalue weighted by Crippen LogP contribution is 2.19. The molecule has 4 aromatic rings. The van der Waals surface area contributed by atoms with Gasteiger partial charge in [0.2, 0.25) is 0 Å². The van der Waals surface area contributed by atoms with Gasteiger partial charge in [0.15, 0.2) is 18.9 Å². The van der Waals surface area contributed by atoms with E-state index in [1.54, 1.807) is 0 Å². The maximum absolute atomic E-state index is 2.24. The summed E-state index contributed by atoms with van der Waals surface area (Å²) in [5.41, 5.74) is 3.83. The summed E-state index contributed by atoms with van der Waals surface area (Å²) in [6, 6.07) is 30.0. The van der Waals surface area contributed by atoms with E-state index >= 15 is 0 Å². The maximum Gasteiger partial charge on any atom is 0.176 e. The van der Waals surface area contributed by atoms with Gasteiger partial charge < -0.3 is 0 Å². The Morgan fingerprint density at radius 3 is 2.00 bits per heavy atom. The second-order valence-electron chi connectivity index (χ2n) is 5.81. The van der Waals surface area contributed by atoms with Crippen molar-refractivity contribution in [1.82, 2.24) is 0 Å². The lowest BCUT2D eigenvalue weighted by atomic mass is 10.0. The summed E-state index contributed by atoms with van der Waals surface area (Å²) >= 11 is 0. The van der Waals surface area contributed by atoms with Crippen LogP contribution in [-0.4, -0.2) is 0 Å². The van der Waals surface area contributed by atoms with E-state index < -0.39 is 0 Å². The van der Waals surface area contributed by atoms with E-state index in [2.05, 4.69) is 95.8 Å². The van der Waals surface area contributed by atoms with Crippen LogP contribution in [0.5, 0.6) is 0 Å². The molecule has 0 spiro atoms. The number of nitrogens with zero attached hydrogens (tertiary/aromatic N) is 1. The van der Waals surface area contributed by atoms with Crippen molar-refractivity contribution in [2.24, 2.45) is 0 Å². The highest BCUT2D eigenvalue weighted by molar-refractivity contribution is 5.80. The Hall–Kier alpha value is -2.93. The summed E-state index contributed by atoms with van der Waals surface area (Å²) in [7, 11) is 0. The van der Waals surface area contributed by atoms with E-state index in [1.165, 1.54) is 27.5 Å². The van der Waals surface area contributed by atoms with Crippen molar-refractivity contribution in [1.29, 1.82) is 0 Å². The third-order valence-corrected chi connectivity index (χ3v) is 4.17. The molecule has 0 saturated carbocycles. The molecular formula is C22H18N+. The van der Waals surface area contributed by atoms with Crippen molar-refractivity contribution in [2.45, 2.75) is 6.54 Å². The zero-order chi connectivity index (χ0) is 15.5. The lowest BCUT2D eigenvalue weighted by Crippen LogP contribution is -2.33. The second kappa shape index (κ2) is 6.05. The van der Waals surface area contributed by atoms with Crippen LogP contribution in [0.3, 0.4) is 0 Å². The second-order valence-corrected chi connectivity index (χ2v) is 5.81. The van der Waals surface area contributed by atoms with Crippen LogP contribution >= 0.6 is 0 Å². The fourth-order valence-corrected chi connectivity index (χ4v) is 2.92. The smallest absolute Gasteiger partial charge is 0.176 e. The fraction of sp³-hybridized carbons (Fsp3) is 0.0455. The lowest BCUT2D eigenvalue weighted by molar-refractivity contribution is -0.687. The SMILES string of the molecule is c1ccc(-c2ccc(C[n+]3ccc4ccccc4c3)cc2)cc1. The lowest BCUT2D eigenvalue weighted by Gasteiger charge is -2.03. The van der Waals surface area contributed by atoms with E-state index in [9.17, 15) is 0 Å². The maximum atomic E-state index is 2.24. The molecule has 0 radical (unpaired) electrons. The number of rotatable bonds is 3. The summed E-state index contributed by atoms with van der Waals surface area (Å²) in [6.45, 7) is 0.889. The van der Waals surface area contributed by atoms with E-state index in [0.717, 1.165) is 6.54 Å². The van der Waals surface area contributed by atoms with Crippen molar-refractivity contribution in [3.63, 3.8) is 0 Å². The largest absolute Gasteiger partial charge is 0.200 e. The summed E-state index contributed by atoms with van der Waals surface area (Å²) < 4.78 is 2.24. The van der Waals surface area contributed by atoms with Crippen molar-refractivity contribution in [2.75, 3.05) is 0 Å². The van der Waals surface area contributed by atoms with Crippen LogP contribution < -0.4 is 4.57 Å². The van der Waals surface area contributed by atoms with Crippen molar-refractivity contribution in [3.8, 4) is 11.1 Å². The molecule has 1 aromatic heterocycles. The van der Waals surface area contributed by atoms with Gasteiger partial charge >= 0.3 is 0 Å². The van der Waals surface area contributed by atoms with Crippen molar-refractivity contribution < 1.29 is 4.57 Å². The van der Waals surface area contributed by atoms with Gasteiger partial charge in [-0.15, -0.1) is 0 Å². The Balaban J connectivity index is 1.58. The monoisotopic (exact) mass is 296 g/mol. The summed E-state index contributed by atoms with van der Waals surface area (Å²) in [5.74, 6) is 0. The van der Waals surface area contributed by atoms with E-state index in [-0.39, 0.29) is 0 Å². The number of fused-ring (bicyclic) bond motifs is 1. The van der Waals surface area contributed by atoms with Crippen LogP contribution in [0.4, 0.5) is 0 Å². The standard InChI is InChI=1S/C22H18N/c1-2-6-19(7-3-1)21-12-10-18(11-13-21)16-23-15-14-20-8-4-5-9-22(20)17-23/h1-15,17H,16H2/q+1. The molecule has 0 aliphatic rings. The Morgan fingerprint density at radius 2 is 1.22 bits per heavy atom. The van der Waals surface area contributed by atoms with Crippen LogP contribution in [0, 0.1) is 0 Å². The van der Waals surface area contributed by atoms with Gasteiger partial charge in [0, 0.05) is 17.0 Å². The van der Waals surface area contributed by atoms with Crippen LogP contribution in [-0.2, 0) is 6.54 Å². The van der Waals surface area contributed by atoms with Gasteiger partial charge in [0.05, 0.1) is 0 Å². The average molecular weight is 296 g/mol. The third-order valence-electron chi connectivity index (χ3n) is 4.17. The molecule has 0 bridgehead atoms. The molecule has 4 rings (SSSR count). The molecule has 0 aliphatic heterocycles. The molecule has 0 N–H and O–H groups in total. The quantitative estimate of drug-likeness (QED) is 0.476. The molecule has 110 valence electrons. The first-order valence-electron chi connectivity index (χ1n) is 7.91. The molecule has 0 atom stereocenters. The molecule has 0 fully saturated rings. The molecule has 1 heterocycles. The Kier molecular flexibility index (Phi) is 3.61. The van der Waals surface area contributed by atoms with Gasteiger partial charge in [-0.1, -0.05) is 72.8 Å². The predicted octanol–water partition coefficient (Wildman–Crippen LogP) is 4.84. The average Bonchev–Trinajstić information content (AvgIpc) is 2.63. The molecule has 1 nitrogen and oxygen atoms in total. The molecule has 0 amide bonds. The number of hydrogen-bond acceptors (Lipinski definition) is 0. The van der Waals surface area contributed by atoms with Crippen LogP contribution in [0.25, 0.3) is 21.9 Å². The zero-order valence-electron chi connectivity index (χ0n) is 12.9. The highest BCUT2D eigenvalue weighted by Gasteiger charge is 2.05. The first-order chi connectivity index (χ1) is 11.4. The number of aromatic nitrogens is 1. The van der Waals surface area contributed by atoms with E-state index in [1.807, 2.05) is 6.07 Å². The van der Waals surface area contributed by atoms with Gasteiger partial charge in [-0.3, -0.25) is 0 Å². The zero-order valence-corrected chi connectivity index (χ0v) is 12.9. The van der Waals surface area contributed by atoms with Crippen LogP contribution in [0.2, 0.25) is 0 Å². The van der Waals surface area contributed by atoms with Gasteiger partial charge in [0.1, 0.15) is 0 Å². The Bertz CT molecular complexity index is 925. The van der Waals surface area contributed by atoms with Crippen LogP contribution in [0.1, 0.15) is 5.56 Å². The molecule has 1 heteroatoms. The molecule has 3 aromatic carbocycles. The third kappa shape index (κ3) is 3.00. The van der Waals surface area contributed by atoms with E-state index in [4.69, 9.17) is 0 Å². The first kappa shape index (κ1) is 13.7. The van der Waals surface area contributed by atoms with Gasteiger partial charge in [0.25, 0.3) is 0 Å². The topological polar surface area (TPSA) is 3.88 Å². The number of benzene rings is 3. The minimum Gasteiger partial charge on any atom is -0.200 e.